The fourth-order valence-electron chi connectivity index (χ4n) is 3.94. The SMILES string of the molecule is Cc1cc(C(=O)NCC(C)N2CCN(c3ccccc3)CC2)nn1-c1ccccc1. The van der Waals surface area contributed by atoms with Gasteiger partial charge in [-0.3, -0.25) is 9.69 Å². The molecular weight excluding hydrogens is 374 g/mol. The van der Waals surface area contributed by atoms with Gasteiger partial charge in [-0.05, 0) is 44.2 Å². The first kappa shape index (κ1) is 20.2. The van der Waals surface area contributed by atoms with E-state index in [2.05, 4.69) is 57.5 Å². The number of rotatable bonds is 6. The number of anilines is 1. The molecule has 2 heterocycles. The van der Waals surface area contributed by atoms with Gasteiger partial charge in [-0.1, -0.05) is 36.4 Å². The van der Waals surface area contributed by atoms with Crippen molar-refractivity contribution in [1.82, 2.24) is 20.0 Å². The van der Waals surface area contributed by atoms with E-state index in [0.29, 0.717) is 12.2 Å². The molecule has 0 bridgehead atoms. The molecule has 2 aromatic carbocycles. The summed E-state index contributed by atoms with van der Waals surface area (Å²) in [5.41, 5.74) is 3.63. The van der Waals surface area contributed by atoms with Crippen LogP contribution in [0.2, 0.25) is 0 Å². The van der Waals surface area contributed by atoms with Gasteiger partial charge in [-0.2, -0.15) is 5.10 Å². The first-order valence-electron chi connectivity index (χ1n) is 10.6. The summed E-state index contributed by atoms with van der Waals surface area (Å²) in [7, 11) is 0. The van der Waals surface area contributed by atoms with Gasteiger partial charge in [-0.15, -0.1) is 0 Å². The molecule has 1 aliphatic rings. The van der Waals surface area contributed by atoms with E-state index < -0.39 is 0 Å². The van der Waals surface area contributed by atoms with Crippen molar-refractivity contribution in [1.29, 1.82) is 0 Å². The molecule has 1 saturated heterocycles. The van der Waals surface area contributed by atoms with Crippen LogP contribution in [0.4, 0.5) is 5.69 Å². The van der Waals surface area contributed by atoms with Gasteiger partial charge in [0.05, 0.1) is 5.69 Å². The lowest BCUT2D eigenvalue weighted by molar-refractivity contribution is 0.0929. The zero-order valence-electron chi connectivity index (χ0n) is 17.7. The molecular formula is C24H29N5O. The molecule has 0 saturated carbocycles. The number of aromatic nitrogens is 2. The second kappa shape index (κ2) is 9.13. The van der Waals surface area contributed by atoms with Crippen molar-refractivity contribution < 1.29 is 4.79 Å². The monoisotopic (exact) mass is 403 g/mol. The Balaban J connectivity index is 1.29. The van der Waals surface area contributed by atoms with Crippen LogP contribution in [0.1, 0.15) is 23.1 Å². The van der Waals surface area contributed by atoms with Crippen LogP contribution in [0.15, 0.2) is 66.7 Å². The van der Waals surface area contributed by atoms with Gasteiger partial charge in [0.15, 0.2) is 5.69 Å². The van der Waals surface area contributed by atoms with Crippen LogP contribution in [-0.2, 0) is 0 Å². The molecule has 156 valence electrons. The fourth-order valence-corrected chi connectivity index (χ4v) is 3.94. The van der Waals surface area contributed by atoms with Crippen molar-refractivity contribution in [2.75, 3.05) is 37.6 Å². The Labute approximate surface area is 178 Å². The van der Waals surface area contributed by atoms with E-state index in [-0.39, 0.29) is 11.9 Å². The molecule has 1 unspecified atom stereocenters. The standard InChI is InChI=1S/C24H29N5O/c1-19-17-23(26-29(19)22-11-7-4-8-12-22)24(30)25-18-20(2)27-13-15-28(16-14-27)21-9-5-3-6-10-21/h3-12,17,20H,13-16,18H2,1-2H3,(H,25,30). The molecule has 1 atom stereocenters. The third-order valence-electron chi connectivity index (χ3n) is 5.74. The van der Waals surface area contributed by atoms with Crippen molar-refractivity contribution >= 4 is 11.6 Å². The number of carbonyl (C=O) groups is 1. The second-order valence-corrected chi connectivity index (χ2v) is 7.84. The maximum Gasteiger partial charge on any atom is 0.271 e. The Morgan fingerprint density at radius 1 is 0.967 bits per heavy atom. The molecule has 0 spiro atoms. The summed E-state index contributed by atoms with van der Waals surface area (Å²) in [4.78, 5) is 17.5. The van der Waals surface area contributed by atoms with Crippen molar-refractivity contribution in [2.45, 2.75) is 19.9 Å². The number of benzene rings is 2. The minimum Gasteiger partial charge on any atom is -0.369 e. The van der Waals surface area contributed by atoms with E-state index in [4.69, 9.17) is 0 Å². The summed E-state index contributed by atoms with van der Waals surface area (Å²) in [6.07, 6.45) is 0. The predicted octanol–water partition coefficient (Wildman–Crippen LogP) is 3.12. The lowest BCUT2D eigenvalue weighted by Gasteiger charge is -2.39. The van der Waals surface area contributed by atoms with Crippen LogP contribution in [0.25, 0.3) is 5.69 Å². The summed E-state index contributed by atoms with van der Waals surface area (Å²) in [6, 6.07) is 22.5. The first-order valence-corrected chi connectivity index (χ1v) is 10.6. The number of aryl methyl sites for hydroxylation is 1. The third-order valence-corrected chi connectivity index (χ3v) is 5.74. The zero-order valence-corrected chi connectivity index (χ0v) is 17.7. The van der Waals surface area contributed by atoms with E-state index in [1.165, 1.54) is 5.69 Å². The molecule has 1 aliphatic heterocycles. The summed E-state index contributed by atoms with van der Waals surface area (Å²) >= 11 is 0. The Bertz CT molecular complexity index is 962. The summed E-state index contributed by atoms with van der Waals surface area (Å²) in [5, 5.41) is 7.56. The lowest BCUT2D eigenvalue weighted by Crippen LogP contribution is -2.52. The van der Waals surface area contributed by atoms with E-state index in [1.807, 2.05) is 43.3 Å². The Morgan fingerprint density at radius 2 is 1.57 bits per heavy atom. The molecule has 1 aromatic heterocycles. The Morgan fingerprint density at radius 3 is 2.20 bits per heavy atom. The summed E-state index contributed by atoms with van der Waals surface area (Å²) < 4.78 is 1.81. The van der Waals surface area contributed by atoms with E-state index >= 15 is 0 Å². The number of para-hydroxylation sites is 2. The smallest absolute Gasteiger partial charge is 0.271 e. The van der Waals surface area contributed by atoms with Crippen LogP contribution in [0.5, 0.6) is 0 Å². The van der Waals surface area contributed by atoms with Crippen molar-refractivity contribution in [3.05, 3.63) is 78.1 Å². The van der Waals surface area contributed by atoms with Gasteiger partial charge in [0.2, 0.25) is 0 Å². The highest BCUT2D eigenvalue weighted by Crippen LogP contribution is 2.16. The second-order valence-electron chi connectivity index (χ2n) is 7.84. The topological polar surface area (TPSA) is 53.4 Å². The third kappa shape index (κ3) is 4.54. The maximum atomic E-state index is 12.7. The van der Waals surface area contributed by atoms with Crippen LogP contribution >= 0.6 is 0 Å². The molecule has 30 heavy (non-hydrogen) atoms. The van der Waals surface area contributed by atoms with Crippen LogP contribution in [0.3, 0.4) is 0 Å². The summed E-state index contributed by atoms with van der Waals surface area (Å²) in [5.74, 6) is -0.123. The minimum atomic E-state index is -0.123. The quantitative estimate of drug-likeness (QED) is 0.687. The highest BCUT2D eigenvalue weighted by Gasteiger charge is 2.22. The molecule has 3 aromatic rings. The molecule has 0 radical (unpaired) electrons. The van der Waals surface area contributed by atoms with Crippen molar-refractivity contribution in [2.24, 2.45) is 0 Å². The highest BCUT2D eigenvalue weighted by molar-refractivity contribution is 5.92. The van der Waals surface area contributed by atoms with Gasteiger partial charge in [0.1, 0.15) is 0 Å². The van der Waals surface area contributed by atoms with Gasteiger partial charge in [0.25, 0.3) is 5.91 Å². The van der Waals surface area contributed by atoms with Gasteiger partial charge < -0.3 is 10.2 Å². The largest absolute Gasteiger partial charge is 0.369 e. The van der Waals surface area contributed by atoms with E-state index in [1.54, 1.807) is 4.68 Å². The zero-order chi connectivity index (χ0) is 20.9. The van der Waals surface area contributed by atoms with Crippen LogP contribution in [0, 0.1) is 6.92 Å². The van der Waals surface area contributed by atoms with Gasteiger partial charge in [0, 0.05) is 50.1 Å². The summed E-state index contributed by atoms with van der Waals surface area (Å²) in [6.45, 7) is 8.74. The van der Waals surface area contributed by atoms with Crippen LogP contribution < -0.4 is 10.2 Å². The van der Waals surface area contributed by atoms with Gasteiger partial charge >= 0.3 is 0 Å². The Kier molecular flexibility index (Phi) is 6.14. The first-order chi connectivity index (χ1) is 14.6. The van der Waals surface area contributed by atoms with E-state index in [9.17, 15) is 4.79 Å². The molecule has 4 rings (SSSR count). The number of carbonyl (C=O) groups excluding carboxylic acids is 1. The fraction of sp³-hybridized carbons (Fsp3) is 0.333. The molecule has 1 N–H and O–H groups in total. The molecule has 1 amide bonds. The number of amides is 1. The number of piperazine rings is 1. The number of nitrogens with one attached hydrogen (secondary N) is 1. The number of nitrogens with zero attached hydrogens (tertiary/aromatic N) is 4. The van der Waals surface area contributed by atoms with Crippen molar-refractivity contribution in [3.63, 3.8) is 0 Å². The average Bonchev–Trinajstić information content (AvgIpc) is 3.20. The molecule has 0 aliphatic carbocycles. The molecule has 6 nitrogen and oxygen atoms in total. The van der Waals surface area contributed by atoms with E-state index in [0.717, 1.165) is 37.6 Å². The Hall–Kier alpha value is -3.12. The van der Waals surface area contributed by atoms with Gasteiger partial charge in [-0.25, -0.2) is 4.68 Å². The molecule has 1 fully saturated rings. The number of hydrogen-bond acceptors (Lipinski definition) is 4. The molecule has 6 heteroatoms. The minimum absolute atomic E-state index is 0.123. The number of hydrogen-bond donors (Lipinski definition) is 1. The normalized spacial score (nSPS) is 15.7. The maximum absolute atomic E-state index is 12.7. The lowest BCUT2D eigenvalue weighted by atomic mass is 10.2. The van der Waals surface area contributed by atoms with Crippen LogP contribution in [-0.4, -0.2) is 59.4 Å². The van der Waals surface area contributed by atoms with Crippen molar-refractivity contribution in [3.8, 4) is 5.69 Å². The highest BCUT2D eigenvalue weighted by atomic mass is 16.1. The predicted molar refractivity (Wildman–Crippen MR) is 120 cm³/mol. The average molecular weight is 404 g/mol.